The van der Waals surface area contributed by atoms with Crippen LogP contribution >= 0.6 is 0 Å². The number of aliphatic hydroxyl groups excluding tert-OH is 1. The lowest BCUT2D eigenvalue weighted by Crippen LogP contribution is -2.40. The molecule has 0 aliphatic carbocycles. The molecule has 6 heteroatoms. The lowest BCUT2D eigenvalue weighted by Gasteiger charge is -2.32. The minimum absolute atomic E-state index is 0.294. The average Bonchev–Trinajstić information content (AvgIpc) is 3.24. The summed E-state index contributed by atoms with van der Waals surface area (Å²) < 4.78 is 7.70. The molecule has 3 aromatic rings. The third kappa shape index (κ3) is 3.34. The highest BCUT2D eigenvalue weighted by atomic mass is 16.3. The number of aromatic nitrogens is 3. The molecule has 2 aromatic heterocycles. The summed E-state index contributed by atoms with van der Waals surface area (Å²) in [5, 5.41) is 14.5. The minimum Gasteiger partial charge on any atom is -0.440 e. The summed E-state index contributed by atoms with van der Waals surface area (Å²) in [6, 6.07) is 9.76. The number of benzene rings is 1. The molecule has 3 heterocycles. The molecule has 0 amide bonds. The Labute approximate surface area is 140 Å². The first-order chi connectivity index (χ1) is 11.8. The van der Waals surface area contributed by atoms with Crippen LogP contribution in [0.4, 0.5) is 0 Å². The Hall–Kier alpha value is -2.18. The van der Waals surface area contributed by atoms with Crippen LogP contribution in [0.5, 0.6) is 0 Å². The van der Waals surface area contributed by atoms with E-state index in [1.165, 1.54) is 0 Å². The Morgan fingerprint density at radius 1 is 1.25 bits per heavy atom. The van der Waals surface area contributed by atoms with Gasteiger partial charge >= 0.3 is 0 Å². The SMILES string of the molecule is O[C@H](CN1CCC[C@@H](c2nc3ccccc3o2)C1)Cn1cccn1. The van der Waals surface area contributed by atoms with Crippen LogP contribution in [0.2, 0.25) is 0 Å². The van der Waals surface area contributed by atoms with Gasteiger partial charge in [-0.3, -0.25) is 9.58 Å². The highest BCUT2D eigenvalue weighted by Crippen LogP contribution is 2.29. The maximum Gasteiger partial charge on any atom is 0.199 e. The van der Waals surface area contributed by atoms with Gasteiger partial charge in [-0.1, -0.05) is 12.1 Å². The Kier molecular flexibility index (Phi) is 4.32. The number of hydrogen-bond acceptors (Lipinski definition) is 5. The molecule has 0 bridgehead atoms. The van der Waals surface area contributed by atoms with E-state index in [1.54, 1.807) is 10.9 Å². The first-order valence-electron chi connectivity index (χ1n) is 8.51. The Morgan fingerprint density at radius 2 is 2.17 bits per heavy atom. The zero-order valence-electron chi connectivity index (χ0n) is 13.6. The second kappa shape index (κ2) is 6.75. The van der Waals surface area contributed by atoms with E-state index in [0.29, 0.717) is 19.0 Å². The van der Waals surface area contributed by atoms with Gasteiger partial charge in [0.1, 0.15) is 5.52 Å². The molecule has 1 saturated heterocycles. The molecule has 1 aromatic carbocycles. The van der Waals surface area contributed by atoms with Gasteiger partial charge < -0.3 is 9.52 Å². The van der Waals surface area contributed by atoms with E-state index in [0.717, 1.165) is 42.9 Å². The maximum absolute atomic E-state index is 10.3. The Morgan fingerprint density at radius 3 is 3.00 bits per heavy atom. The number of nitrogens with zero attached hydrogens (tertiary/aromatic N) is 4. The van der Waals surface area contributed by atoms with Gasteiger partial charge in [0, 0.05) is 31.4 Å². The molecule has 1 fully saturated rings. The topological polar surface area (TPSA) is 67.3 Å². The van der Waals surface area contributed by atoms with Gasteiger partial charge in [0.15, 0.2) is 11.5 Å². The maximum atomic E-state index is 10.3. The zero-order chi connectivity index (χ0) is 16.4. The third-order valence-corrected chi connectivity index (χ3v) is 4.59. The van der Waals surface area contributed by atoms with E-state index >= 15 is 0 Å². The van der Waals surface area contributed by atoms with Crippen LogP contribution in [0.3, 0.4) is 0 Å². The largest absolute Gasteiger partial charge is 0.440 e. The van der Waals surface area contributed by atoms with Crippen molar-refractivity contribution in [2.45, 2.75) is 31.4 Å². The van der Waals surface area contributed by atoms with E-state index in [9.17, 15) is 5.11 Å². The summed E-state index contributed by atoms with van der Waals surface area (Å²) in [6.07, 6.45) is 5.36. The van der Waals surface area contributed by atoms with Crippen molar-refractivity contribution in [3.63, 3.8) is 0 Å². The monoisotopic (exact) mass is 326 g/mol. The van der Waals surface area contributed by atoms with Gasteiger partial charge in [-0.2, -0.15) is 5.10 Å². The third-order valence-electron chi connectivity index (χ3n) is 4.59. The molecule has 4 rings (SSSR count). The highest BCUT2D eigenvalue weighted by Gasteiger charge is 2.26. The normalized spacial score (nSPS) is 20.5. The van der Waals surface area contributed by atoms with Gasteiger partial charge in [-0.05, 0) is 37.6 Å². The minimum atomic E-state index is -0.424. The summed E-state index contributed by atoms with van der Waals surface area (Å²) in [4.78, 5) is 6.94. The predicted molar refractivity (Wildman–Crippen MR) is 90.7 cm³/mol. The van der Waals surface area contributed by atoms with Gasteiger partial charge in [0.2, 0.25) is 0 Å². The van der Waals surface area contributed by atoms with E-state index in [-0.39, 0.29) is 0 Å². The molecule has 0 radical (unpaired) electrons. The Balaban J connectivity index is 1.39. The van der Waals surface area contributed by atoms with Gasteiger partial charge in [0.05, 0.1) is 12.6 Å². The molecule has 126 valence electrons. The summed E-state index contributed by atoms with van der Waals surface area (Å²) in [5.41, 5.74) is 1.77. The van der Waals surface area contributed by atoms with Crippen LogP contribution in [0.1, 0.15) is 24.7 Å². The van der Waals surface area contributed by atoms with E-state index in [2.05, 4.69) is 15.0 Å². The molecular formula is C18H22N4O2. The molecule has 1 aliphatic heterocycles. The van der Waals surface area contributed by atoms with Crippen molar-refractivity contribution >= 4 is 11.1 Å². The van der Waals surface area contributed by atoms with Gasteiger partial charge in [-0.25, -0.2) is 4.98 Å². The van der Waals surface area contributed by atoms with E-state index < -0.39 is 6.10 Å². The number of hydrogen-bond donors (Lipinski definition) is 1. The molecule has 0 spiro atoms. The second-order valence-electron chi connectivity index (χ2n) is 6.50. The number of likely N-dealkylation sites (tertiary alicyclic amines) is 1. The van der Waals surface area contributed by atoms with Crippen LogP contribution in [-0.2, 0) is 6.54 Å². The number of oxazole rings is 1. The number of piperidine rings is 1. The average molecular weight is 326 g/mol. The van der Waals surface area contributed by atoms with Gasteiger partial charge in [-0.15, -0.1) is 0 Å². The second-order valence-corrected chi connectivity index (χ2v) is 6.50. The van der Waals surface area contributed by atoms with Crippen LogP contribution in [-0.4, -0.2) is 50.5 Å². The molecule has 0 unspecified atom stereocenters. The fraction of sp³-hybridized carbons (Fsp3) is 0.444. The summed E-state index contributed by atoms with van der Waals surface area (Å²) in [5.74, 6) is 1.12. The summed E-state index contributed by atoms with van der Waals surface area (Å²) >= 11 is 0. The number of para-hydroxylation sites is 2. The zero-order valence-corrected chi connectivity index (χ0v) is 13.6. The standard InChI is InChI=1S/C18H22N4O2/c23-15(13-22-10-4-8-19-22)12-21-9-3-5-14(11-21)18-20-16-6-1-2-7-17(16)24-18/h1-2,4,6-8,10,14-15,23H,3,5,9,11-13H2/t14-,15-/m1/s1. The van der Waals surface area contributed by atoms with Crippen molar-refractivity contribution < 1.29 is 9.52 Å². The van der Waals surface area contributed by atoms with Gasteiger partial charge in [0.25, 0.3) is 0 Å². The fourth-order valence-electron chi connectivity index (χ4n) is 3.47. The van der Waals surface area contributed by atoms with E-state index in [4.69, 9.17) is 4.42 Å². The van der Waals surface area contributed by atoms with Crippen molar-refractivity contribution in [3.05, 3.63) is 48.6 Å². The van der Waals surface area contributed by atoms with Crippen LogP contribution in [0, 0.1) is 0 Å². The molecule has 1 aliphatic rings. The number of fused-ring (bicyclic) bond motifs is 1. The summed E-state index contributed by atoms with van der Waals surface area (Å²) in [6.45, 7) is 3.06. The first kappa shape index (κ1) is 15.4. The quantitative estimate of drug-likeness (QED) is 0.779. The smallest absolute Gasteiger partial charge is 0.199 e. The fourth-order valence-corrected chi connectivity index (χ4v) is 3.47. The first-order valence-corrected chi connectivity index (χ1v) is 8.51. The lowest BCUT2D eigenvalue weighted by atomic mass is 9.97. The molecule has 1 N–H and O–H groups in total. The van der Waals surface area contributed by atoms with E-state index in [1.807, 2.05) is 36.5 Å². The van der Waals surface area contributed by atoms with Crippen LogP contribution in [0.25, 0.3) is 11.1 Å². The Bertz CT molecular complexity index is 750. The van der Waals surface area contributed by atoms with Crippen molar-refractivity contribution in [2.75, 3.05) is 19.6 Å². The molecule has 2 atom stereocenters. The lowest BCUT2D eigenvalue weighted by molar-refractivity contribution is 0.0783. The number of β-amino-alcohol motifs (C(OH)–C–C–N with tert-alkyl or cyclic N) is 1. The molecule has 24 heavy (non-hydrogen) atoms. The van der Waals surface area contributed by atoms with Crippen LogP contribution < -0.4 is 0 Å². The van der Waals surface area contributed by atoms with Crippen molar-refractivity contribution in [3.8, 4) is 0 Å². The predicted octanol–water partition coefficient (Wildman–Crippen LogP) is 2.26. The van der Waals surface area contributed by atoms with Crippen molar-refractivity contribution in [1.29, 1.82) is 0 Å². The van der Waals surface area contributed by atoms with Crippen molar-refractivity contribution in [2.24, 2.45) is 0 Å². The molecule has 6 nitrogen and oxygen atoms in total. The molecular weight excluding hydrogens is 304 g/mol. The van der Waals surface area contributed by atoms with Crippen LogP contribution in [0.15, 0.2) is 47.1 Å². The highest BCUT2D eigenvalue weighted by molar-refractivity contribution is 5.72. The summed E-state index contributed by atoms with van der Waals surface area (Å²) in [7, 11) is 0. The molecule has 0 saturated carbocycles. The van der Waals surface area contributed by atoms with Crippen molar-refractivity contribution in [1.82, 2.24) is 19.7 Å². The number of aliphatic hydroxyl groups is 1. The number of rotatable bonds is 5.